The number of Topliss-reactive ketones (excluding diaryl/α,β-unsaturated/α-hetero) is 1. The Morgan fingerprint density at radius 1 is 1.05 bits per heavy atom. The molecule has 0 unspecified atom stereocenters. The summed E-state index contributed by atoms with van der Waals surface area (Å²) in [6, 6.07) is 13.2. The molecular formula is C17H16N2O2. The summed E-state index contributed by atoms with van der Waals surface area (Å²) in [7, 11) is 5.55. The molecule has 1 heterocycles. The number of hydrogen-bond donors (Lipinski definition) is 0. The van der Waals surface area contributed by atoms with Crippen molar-refractivity contribution in [1.82, 2.24) is 0 Å². The van der Waals surface area contributed by atoms with Crippen molar-refractivity contribution in [3.05, 3.63) is 53.6 Å². The van der Waals surface area contributed by atoms with Crippen molar-refractivity contribution in [2.24, 2.45) is 4.99 Å². The van der Waals surface area contributed by atoms with E-state index in [1.807, 2.05) is 55.4 Å². The molecule has 4 nitrogen and oxygen atoms in total. The highest BCUT2D eigenvalue weighted by Crippen LogP contribution is 2.32. The Morgan fingerprint density at radius 3 is 2.38 bits per heavy atom. The Kier molecular flexibility index (Phi) is 3.22. The summed E-state index contributed by atoms with van der Waals surface area (Å²) in [6.07, 6.45) is 0. The summed E-state index contributed by atoms with van der Waals surface area (Å²) in [4.78, 5) is 19.0. The van der Waals surface area contributed by atoms with Gasteiger partial charge in [0.25, 0.3) is 0 Å². The highest BCUT2D eigenvalue weighted by atomic mass is 16.5. The number of benzene rings is 2. The van der Waals surface area contributed by atoms with Gasteiger partial charge in [-0.3, -0.25) is 4.79 Å². The van der Waals surface area contributed by atoms with Crippen molar-refractivity contribution in [3.8, 4) is 5.75 Å². The summed E-state index contributed by atoms with van der Waals surface area (Å²) >= 11 is 0. The van der Waals surface area contributed by atoms with Crippen molar-refractivity contribution >= 4 is 22.9 Å². The van der Waals surface area contributed by atoms with Crippen LogP contribution in [0, 0.1) is 0 Å². The van der Waals surface area contributed by atoms with Crippen LogP contribution in [0.15, 0.2) is 47.5 Å². The van der Waals surface area contributed by atoms with Crippen LogP contribution in [0.3, 0.4) is 0 Å². The van der Waals surface area contributed by atoms with Crippen LogP contribution in [-0.2, 0) is 0 Å². The van der Waals surface area contributed by atoms with Gasteiger partial charge in [0.05, 0.1) is 18.4 Å². The number of carbonyl (C=O) groups excluding carboxylic acids is 1. The largest absolute Gasteiger partial charge is 0.497 e. The monoisotopic (exact) mass is 280 g/mol. The number of ether oxygens (including phenoxy) is 1. The fourth-order valence-corrected chi connectivity index (χ4v) is 2.33. The fourth-order valence-electron chi connectivity index (χ4n) is 2.33. The lowest BCUT2D eigenvalue weighted by molar-refractivity contribution is 0.107. The van der Waals surface area contributed by atoms with Crippen molar-refractivity contribution in [2.45, 2.75) is 0 Å². The van der Waals surface area contributed by atoms with Gasteiger partial charge in [-0.1, -0.05) is 12.1 Å². The maximum Gasteiger partial charge on any atom is 0.214 e. The lowest BCUT2D eigenvalue weighted by Gasteiger charge is -2.12. The molecule has 3 rings (SSSR count). The molecule has 0 N–H and O–H groups in total. The van der Waals surface area contributed by atoms with Gasteiger partial charge in [-0.15, -0.1) is 0 Å². The van der Waals surface area contributed by atoms with Crippen molar-refractivity contribution in [2.75, 3.05) is 26.1 Å². The molecule has 0 radical (unpaired) electrons. The van der Waals surface area contributed by atoms with Gasteiger partial charge in [0.15, 0.2) is 0 Å². The molecule has 106 valence electrons. The van der Waals surface area contributed by atoms with Gasteiger partial charge < -0.3 is 9.64 Å². The summed E-state index contributed by atoms with van der Waals surface area (Å²) in [5.74, 6) is 0.614. The first-order chi connectivity index (χ1) is 10.1. The second-order valence-electron chi connectivity index (χ2n) is 5.11. The van der Waals surface area contributed by atoms with Crippen molar-refractivity contribution in [3.63, 3.8) is 0 Å². The standard InChI is InChI=1S/C17H16N2O2/c1-19(2)12-6-4-11(5-7-12)16-17(20)14-10-13(21-3)8-9-15(14)18-16/h4-10H,1-3H3. The topological polar surface area (TPSA) is 41.9 Å². The SMILES string of the molecule is COc1ccc2c(c1)C(=O)C(c1ccc(N(C)C)cc1)=N2. The molecule has 0 atom stereocenters. The van der Waals surface area contributed by atoms with Gasteiger partial charge in [0.2, 0.25) is 5.78 Å². The molecular weight excluding hydrogens is 264 g/mol. The number of ketones is 1. The van der Waals surface area contributed by atoms with Crippen LogP contribution in [-0.4, -0.2) is 32.7 Å². The molecule has 0 fully saturated rings. The summed E-state index contributed by atoms with van der Waals surface area (Å²) in [5, 5.41) is 0. The summed E-state index contributed by atoms with van der Waals surface area (Å²) in [6.45, 7) is 0. The van der Waals surface area contributed by atoms with Crippen LogP contribution in [0.5, 0.6) is 5.75 Å². The van der Waals surface area contributed by atoms with Crippen LogP contribution < -0.4 is 9.64 Å². The third-order valence-corrected chi connectivity index (χ3v) is 3.55. The molecule has 0 amide bonds. The van der Waals surface area contributed by atoms with E-state index in [2.05, 4.69) is 4.99 Å². The average molecular weight is 280 g/mol. The Labute approximate surface area is 123 Å². The Hall–Kier alpha value is -2.62. The second kappa shape index (κ2) is 5.05. The van der Waals surface area contributed by atoms with E-state index in [1.54, 1.807) is 13.2 Å². The predicted molar refractivity (Wildman–Crippen MR) is 84.3 cm³/mol. The molecule has 0 aromatic heterocycles. The minimum Gasteiger partial charge on any atom is -0.497 e. The third-order valence-electron chi connectivity index (χ3n) is 3.55. The van der Waals surface area contributed by atoms with E-state index >= 15 is 0 Å². The Bertz CT molecular complexity index is 731. The zero-order valence-electron chi connectivity index (χ0n) is 12.3. The minimum atomic E-state index is -0.0542. The van der Waals surface area contributed by atoms with Crippen LogP contribution in [0.1, 0.15) is 15.9 Å². The molecule has 2 aromatic rings. The number of carbonyl (C=O) groups is 1. The lowest BCUT2D eigenvalue weighted by Crippen LogP contribution is -2.12. The number of anilines is 1. The maximum atomic E-state index is 12.5. The predicted octanol–water partition coefficient (Wildman–Crippen LogP) is 3.08. The number of fused-ring (bicyclic) bond motifs is 1. The molecule has 4 heteroatoms. The zero-order chi connectivity index (χ0) is 15.0. The van der Waals surface area contributed by atoms with Crippen molar-refractivity contribution < 1.29 is 9.53 Å². The van der Waals surface area contributed by atoms with E-state index in [1.165, 1.54) is 0 Å². The first-order valence-corrected chi connectivity index (χ1v) is 6.69. The highest BCUT2D eigenvalue weighted by Gasteiger charge is 2.26. The summed E-state index contributed by atoms with van der Waals surface area (Å²) < 4.78 is 5.16. The number of aliphatic imine (C=N–C) groups is 1. The number of hydrogen-bond acceptors (Lipinski definition) is 4. The molecule has 1 aliphatic heterocycles. The molecule has 21 heavy (non-hydrogen) atoms. The third kappa shape index (κ3) is 2.29. The first kappa shape index (κ1) is 13.4. The van der Waals surface area contributed by atoms with Gasteiger partial charge in [0, 0.05) is 25.3 Å². The van der Waals surface area contributed by atoms with E-state index < -0.39 is 0 Å². The number of rotatable bonds is 3. The van der Waals surface area contributed by atoms with Crippen LogP contribution in [0.2, 0.25) is 0 Å². The number of methoxy groups -OCH3 is 1. The molecule has 0 saturated heterocycles. The minimum absolute atomic E-state index is 0.0542. The van der Waals surface area contributed by atoms with E-state index in [-0.39, 0.29) is 5.78 Å². The Balaban J connectivity index is 1.96. The molecule has 1 aliphatic rings. The van der Waals surface area contributed by atoms with Crippen LogP contribution in [0.4, 0.5) is 11.4 Å². The normalized spacial score (nSPS) is 12.9. The molecule has 0 bridgehead atoms. The van der Waals surface area contributed by atoms with E-state index in [0.717, 1.165) is 11.3 Å². The van der Waals surface area contributed by atoms with Crippen LogP contribution >= 0.6 is 0 Å². The summed E-state index contributed by atoms with van der Waals surface area (Å²) in [5.41, 5.74) is 3.71. The smallest absolute Gasteiger partial charge is 0.214 e. The van der Waals surface area contributed by atoms with Gasteiger partial charge in [0.1, 0.15) is 11.5 Å². The van der Waals surface area contributed by atoms with Gasteiger partial charge in [-0.25, -0.2) is 4.99 Å². The van der Waals surface area contributed by atoms with Gasteiger partial charge >= 0.3 is 0 Å². The highest BCUT2D eigenvalue weighted by molar-refractivity contribution is 6.54. The molecule has 2 aromatic carbocycles. The zero-order valence-corrected chi connectivity index (χ0v) is 12.3. The first-order valence-electron chi connectivity index (χ1n) is 6.69. The molecule has 0 saturated carbocycles. The van der Waals surface area contributed by atoms with Crippen LogP contribution in [0.25, 0.3) is 0 Å². The quantitative estimate of drug-likeness (QED) is 0.867. The van der Waals surface area contributed by atoms with E-state index in [9.17, 15) is 4.79 Å². The van der Waals surface area contributed by atoms with E-state index in [0.29, 0.717) is 22.7 Å². The average Bonchev–Trinajstić information content (AvgIpc) is 2.84. The second-order valence-corrected chi connectivity index (χ2v) is 5.11. The molecule has 0 aliphatic carbocycles. The van der Waals surface area contributed by atoms with Gasteiger partial charge in [-0.05, 0) is 30.3 Å². The Morgan fingerprint density at radius 2 is 1.76 bits per heavy atom. The number of nitrogens with zero attached hydrogens (tertiary/aromatic N) is 2. The van der Waals surface area contributed by atoms with Gasteiger partial charge in [-0.2, -0.15) is 0 Å². The molecule has 0 spiro atoms. The fraction of sp³-hybridized carbons (Fsp3) is 0.176. The lowest BCUT2D eigenvalue weighted by atomic mass is 10.0. The van der Waals surface area contributed by atoms with E-state index in [4.69, 9.17) is 4.74 Å². The maximum absolute atomic E-state index is 12.5. The van der Waals surface area contributed by atoms with Crippen molar-refractivity contribution in [1.29, 1.82) is 0 Å².